The molecule has 0 aliphatic carbocycles. The molecule has 0 aromatic heterocycles. The molecular weight excluding hydrogens is 371 g/mol. The maximum absolute atomic E-state index is 13.4. The molecule has 0 aliphatic heterocycles. The molecule has 140 valence electrons. The molecule has 0 unspecified atom stereocenters. The first-order valence-electron chi connectivity index (χ1n) is 7.82. The first kappa shape index (κ1) is 20.2. The molecule has 2 N–H and O–H groups in total. The summed E-state index contributed by atoms with van der Waals surface area (Å²) in [7, 11) is 0. The molecule has 0 spiro atoms. The van der Waals surface area contributed by atoms with Crippen LogP contribution in [-0.2, 0) is 14.3 Å². The third kappa shape index (κ3) is 6.59. The number of thioether (sulfide) groups is 1. The van der Waals surface area contributed by atoms with Crippen LogP contribution < -0.4 is 10.9 Å². The monoisotopic (exact) mass is 388 g/mol. The SMILES string of the molecule is CSc1ccc(/C=C/C(=O)OCC(=O)NNC(=O)c2ccccc2F)cc1. The van der Waals surface area contributed by atoms with Crippen molar-refractivity contribution in [2.24, 2.45) is 0 Å². The summed E-state index contributed by atoms with van der Waals surface area (Å²) in [6, 6.07) is 12.9. The van der Waals surface area contributed by atoms with E-state index in [1.165, 1.54) is 24.3 Å². The predicted octanol–water partition coefficient (Wildman–Crippen LogP) is 2.57. The van der Waals surface area contributed by atoms with E-state index in [4.69, 9.17) is 4.74 Å². The van der Waals surface area contributed by atoms with Crippen molar-refractivity contribution in [2.75, 3.05) is 12.9 Å². The predicted molar refractivity (Wildman–Crippen MR) is 100 cm³/mol. The fraction of sp³-hybridized carbons (Fsp3) is 0.105. The lowest BCUT2D eigenvalue weighted by molar-refractivity contribution is -0.144. The lowest BCUT2D eigenvalue weighted by Crippen LogP contribution is -2.43. The Morgan fingerprint density at radius 3 is 2.44 bits per heavy atom. The van der Waals surface area contributed by atoms with Gasteiger partial charge in [0.25, 0.3) is 11.8 Å². The maximum Gasteiger partial charge on any atom is 0.331 e. The van der Waals surface area contributed by atoms with Gasteiger partial charge in [-0.25, -0.2) is 9.18 Å². The normalized spacial score (nSPS) is 10.4. The van der Waals surface area contributed by atoms with Gasteiger partial charge in [0.2, 0.25) is 0 Å². The second kappa shape index (κ2) is 10.1. The third-order valence-electron chi connectivity index (χ3n) is 3.31. The van der Waals surface area contributed by atoms with Gasteiger partial charge >= 0.3 is 5.97 Å². The van der Waals surface area contributed by atoms with Crippen molar-refractivity contribution in [3.8, 4) is 0 Å². The van der Waals surface area contributed by atoms with E-state index in [0.29, 0.717) is 0 Å². The van der Waals surface area contributed by atoms with Gasteiger partial charge in [-0.15, -0.1) is 11.8 Å². The highest BCUT2D eigenvalue weighted by Gasteiger charge is 2.12. The largest absolute Gasteiger partial charge is 0.452 e. The van der Waals surface area contributed by atoms with Gasteiger partial charge in [-0.1, -0.05) is 24.3 Å². The van der Waals surface area contributed by atoms with Crippen LogP contribution in [0.25, 0.3) is 6.08 Å². The van der Waals surface area contributed by atoms with Crippen LogP contribution in [0.1, 0.15) is 15.9 Å². The number of esters is 1. The Bertz CT molecular complexity index is 853. The standard InChI is InChI=1S/C19H17FN2O4S/c1-27-14-9-6-13(7-10-14)8-11-18(24)26-12-17(23)21-22-19(25)15-4-2-3-5-16(15)20/h2-11H,12H2,1H3,(H,21,23)(H,22,25)/b11-8+. The van der Waals surface area contributed by atoms with Crippen LogP contribution in [0.3, 0.4) is 0 Å². The molecule has 2 amide bonds. The van der Waals surface area contributed by atoms with Gasteiger partial charge in [0, 0.05) is 11.0 Å². The number of ether oxygens (including phenoxy) is 1. The van der Waals surface area contributed by atoms with Gasteiger partial charge in [-0.05, 0) is 42.2 Å². The van der Waals surface area contributed by atoms with Gasteiger partial charge in [0.05, 0.1) is 5.56 Å². The Balaban J connectivity index is 1.74. The topological polar surface area (TPSA) is 84.5 Å². The molecule has 0 atom stereocenters. The van der Waals surface area contributed by atoms with Gasteiger partial charge in [-0.3, -0.25) is 20.4 Å². The average Bonchev–Trinajstić information content (AvgIpc) is 2.69. The van der Waals surface area contributed by atoms with E-state index in [-0.39, 0.29) is 5.56 Å². The lowest BCUT2D eigenvalue weighted by atomic mass is 10.2. The zero-order chi connectivity index (χ0) is 19.6. The van der Waals surface area contributed by atoms with Crippen LogP contribution in [0.15, 0.2) is 59.5 Å². The van der Waals surface area contributed by atoms with E-state index in [1.807, 2.05) is 41.4 Å². The zero-order valence-corrected chi connectivity index (χ0v) is 15.2. The van der Waals surface area contributed by atoms with E-state index in [2.05, 4.69) is 0 Å². The van der Waals surface area contributed by atoms with Crippen molar-refractivity contribution in [2.45, 2.75) is 4.90 Å². The Kier molecular flexibility index (Phi) is 7.57. The van der Waals surface area contributed by atoms with Gasteiger partial charge < -0.3 is 4.74 Å². The molecule has 8 heteroatoms. The van der Waals surface area contributed by atoms with Crippen LogP contribution >= 0.6 is 11.8 Å². The molecular formula is C19H17FN2O4S. The highest BCUT2D eigenvalue weighted by atomic mass is 32.2. The fourth-order valence-corrected chi connectivity index (χ4v) is 2.35. The Hall–Kier alpha value is -3.13. The molecule has 6 nitrogen and oxygen atoms in total. The number of nitrogens with one attached hydrogen (secondary N) is 2. The van der Waals surface area contributed by atoms with E-state index in [9.17, 15) is 18.8 Å². The quantitative estimate of drug-likeness (QED) is 0.344. The van der Waals surface area contributed by atoms with Crippen LogP contribution in [0.2, 0.25) is 0 Å². The molecule has 0 heterocycles. The summed E-state index contributed by atoms with van der Waals surface area (Å²) in [6.45, 7) is -0.591. The smallest absolute Gasteiger partial charge is 0.331 e. The number of carbonyl (C=O) groups excluding carboxylic acids is 3. The third-order valence-corrected chi connectivity index (χ3v) is 4.05. The minimum Gasteiger partial charge on any atom is -0.452 e. The molecule has 0 aliphatic rings. The second-order valence-electron chi connectivity index (χ2n) is 5.20. The molecule has 0 saturated heterocycles. The highest BCUT2D eigenvalue weighted by Crippen LogP contribution is 2.15. The van der Waals surface area contributed by atoms with Crippen molar-refractivity contribution >= 4 is 35.6 Å². The molecule has 2 rings (SSSR count). The van der Waals surface area contributed by atoms with Gasteiger partial charge in [-0.2, -0.15) is 0 Å². The summed E-state index contributed by atoms with van der Waals surface area (Å²) in [5.41, 5.74) is 4.68. The summed E-state index contributed by atoms with van der Waals surface area (Å²) in [5.74, 6) is -3.00. The number of halogens is 1. The first-order chi connectivity index (χ1) is 13.0. The number of amides is 2. The minimum absolute atomic E-state index is 0.217. The molecule has 0 saturated carbocycles. The number of hydrazine groups is 1. The number of hydrogen-bond acceptors (Lipinski definition) is 5. The fourth-order valence-electron chi connectivity index (χ4n) is 1.94. The molecule has 2 aromatic rings. The summed E-state index contributed by atoms with van der Waals surface area (Å²) < 4.78 is 18.2. The summed E-state index contributed by atoms with van der Waals surface area (Å²) in [4.78, 5) is 36.0. The average molecular weight is 388 g/mol. The van der Waals surface area contributed by atoms with Crippen LogP contribution in [0.5, 0.6) is 0 Å². The Labute approximate surface area is 159 Å². The summed E-state index contributed by atoms with van der Waals surface area (Å²) in [5, 5.41) is 0. The molecule has 27 heavy (non-hydrogen) atoms. The van der Waals surface area contributed by atoms with Crippen LogP contribution in [0.4, 0.5) is 4.39 Å². The number of benzene rings is 2. The Morgan fingerprint density at radius 1 is 1.07 bits per heavy atom. The van der Waals surface area contributed by atoms with Crippen LogP contribution in [0, 0.1) is 5.82 Å². The van der Waals surface area contributed by atoms with Crippen molar-refractivity contribution < 1.29 is 23.5 Å². The second-order valence-corrected chi connectivity index (χ2v) is 6.08. The zero-order valence-electron chi connectivity index (χ0n) is 14.4. The van der Waals surface area contributed by atoms with E-state index in [0.717, 1.165) is 16.5 Å². The number of hydrogen-bond donors (Lipinski definition) is 2. The molecule has 0 fully saturated rings. The highest BCUT2D eigenvalue weighted by molar-refractivity contribution is 7.98. The van der Waals surface area contributed by atoms with Crippen molar-refractivity contribution in [1.82, 2.24) is 10.9 Å². The summed E-state index contributed by atoms with van der Waals surface area (Å²) >= 11 is 1.61. The maximum atomic E-state index is 13.4. The Morgan fingerprint density at radius 2 is 1.78 bits per heavy atom. The molecule has 0 radical (unpaired) electrons. The molecule has 2 aromatic carbocycles. The van der Waals surface area contributed by atoms with Crippen LogP contribution in [-0.4, -0.2) is 30.6 Å². The van der Waals surface area contributed by atoms with Crippen molar-refractivity contribution in [1.29, 1.82) is 0 Å². The first-order valence-corrected chi connectivity index (χ1v) is 9.04. The van der Waals surface area contributed by atoms with Crippen molar-refractivity contribution in [3.63, 3.8) is 0 Å². The van der Waals surface area contributed by atoms with E-state index in [1.54, 1.807) is 17.8 Å². The number of rotatable bonds is 6. The van der Waals surface area contributed by atoms with E-state index >= 15 is 0 Å². The molecule has 0 bridgehead atoms. The van der Waals surface area contributed by atoms with Gasteiger partial charge in [0.1, 0.15) is 5.82 Å². The summed E-state index contributed by atoms with van der Waals surface area (Å²) in [6.07, 6.45) is 4.72. The van der Waals surface area contributed by atoms with Gasteiger partial charge in [0.15, 0.2) is 6.61 Å². The minimum atomic E-state index is -0.818. The van der Waals surface area contributed by atoms with E-state index < -0.39 is 30.2 Å². The van der Waals surface area contributed by atoms with Crippen molar-refractivity contribution in [3.05, 3.63) is 71.6 Å². The number of carbonyl (C=O) groups is 3. The lowest BCUT2D eigenvalue weighted by Gasteiger charge is -2.07.